The molecule has 0 aromatic carbocycles. The summed E-state index contributed by atoms with van der Waals surface area (Å²) in [5, 5.41) is 6.46. The quantitative estimate of drug-likeness (QED) is 0.812. The first-order chi connectivity index (χ1) is 8.20. The molecule has 1 N–H and O–H groups in total. The maximum atomic E-state index is 11.8. The smallest absolute Gasteiger partial charge is 0.328 e. The van der Waals surface area contributed by atoms with E-state index < -0.39 is 17.6 Å². The van der Waals surface area contributed by atoms with E-state index in [-0.39, 0.29) is 5.91 Å². The Labute approximate surface area is 106 Å². The summed E-state index contributed by atoms with van der Waals surface area (Å²) in [7, 11) is 1.66. The molecule has 1 aromatic rings. The van der Waals surface area contributed by atoms with Gasteiger partial charge in [-0.1, -0.05) is 0 Å². The van der Waals surface area contributed by atoms with E-state index >= 15 is 0 Å². The largest absolute Gasteiger partial charge is 0.458 e. The SMILES string of the molecule is C[C@@H](NC(=O)c1ccnn1C)C(=O)OC(C)(C)C. The number of nitrogens with zero attached hydrogens (tertiary/aromatic N) is 2. The highest BCUT2D eigenvalue weighted by atomic mass is 16.6. The monoisotopic (exact) mass is 253 g/mol. The van der Waals surface area contributed by atoms with Crippen molar-refractivity contribution in [1.29, 1.82) is 0 Å². The molecule has 0 saturated heterocycles. The van der Waals surface area contributed by atoms with Gasteiger partial charge in [-0.2, -0.15) is 5.10 Å². The number of aryl methyl sites for hydroxylation is 1. The Morgan fingerprint density at radius 3 is 2.50 bits per heavy atom. The van der Waals surface area contributed by atoms with Gasteiger partial charge >= 0.3 is 5.97 Å². The fraction of sp³-hybridized carbons (Fsp3) is 0.583. The minimum absolute atomic E-state index is 0.353. The molecule has 1 amide bonds. The van der Waals surface area contributed by atoms with E-state index in [4.69, 9.17) is 4.74 Å². The molecule has 0 radical (unpaired) electrons. The third kappa shape index (κ3) is 3.87. The van der Waals surface area contributed by atoms with Crippen LogP contribution in [0.2, 0.25) is 0 Å². The van der Waals surface area contributed by atoms with E-state index in [0.29, 0.717) is 5.69 Å². The molecule has 0 fully saturated rings. The first-order valence-electron chi connectivity index (χ1n) is 5.72. The van der Waals surface area contributed by atoms with Crippen LogP contribution in [-0.2, 0) is 16.6 Å². The molecule has 1 rings (SSSR count). The highest BCUT2D eigenvalue weighted by Crippen LogP contribution is 2.08. The van der Waals surface area contributed by atoms with Crippen molar-refractivity contribution in [3.63, 3.8) is 0 Å². The number of carbonyl (C=O) groups is 2. The van der Waals surface area contributed by atoms with Crippen molar-refractivity contribution in [2.24, 2.45) is 7.05 Å². The van der Waals surface area contributed by atoms with E-state index in [1.54, 1.807) is 40.8 Å². The van der Waals surface area contributed by atoms with Crippen molar-refractivity contribution in [3.8, 4) is 0 Å². The van der Waals surface area contributed by atoms with Crippen molar-refractivity contribution < 1.29 is 14.3 Å². The van der Waals surface area contributed by atoms with Crippen molar-refractivity contribution in [3.05, 3.63) is 18.0 Å². The molecule has 0 aliphatic rings. The van der Waals surface area contributed by atoms with Crippen LogP contribution < -0.4 is 5.32 Å². The average molecular weight is 253 g/mol. The Morgan fingerprint density at radius 2 is 2.06 bits per heavy atom. The number of aromatic nitrogens is 2. The minimum Gasteiger partial charge on any atom is -0.458 e. The van der Waals surface area contributed by atoms with E-state index in [1.807, 2.05) is 0 Å². The number of nitrogens with one attached hydrogen (secondary N) is 1. The van der Waals surface area contributed by atoms with E-state index in [9.17, 15) is 9.59 Å². The zero-order chi connectivity index (χ0) is 13.9. The number of esters is 1. The van der Waals surface area contributed by atoms with Crippen LogP contribution in [0.1, 0.15) is 38.2 Å². The van der Waals surface area contributed by atoms with Crippen LogP contribution >= 0.6 is 0 Å². The molecule has 18 heavy (non-hydrogen) atoms. The number of ether oxygens (including phenoxy) is 1. The maximum absolute atomic E-state index is 11.8. The molecule has 0 aliphatic heterocycles. The minimum atomic E-state index is -0.702. The summed E-state index contributed by atoms with van der Waals surface area (Å²) < 4.78 is 6.61. The molecule has 0 bridgehead atoms. The molecule has 0 aliphatic carbocycles. The van der Waals surface area contributed by atoms with Crippen LogP contribution in [0.3, 0.4) is 0 Å². The molecule has 0 spiro atoms. The van der Waals surface area contributed by atoms with Crippen molar-refractivity contribution in [1.82, 2.24) is 15.1 Å². The Hall–Kier alpha value is -1.85. The Morgan fingerprint density at radius 1 is 1.44 bits per heavy atom. The summed E-state index contributed by atoms with van der Waals surface area (Å²) >= 11 is 0. The number of carbonyl (C=O) groups excluding carboxylic acids is 2. The highest BCUT2D eigenvalue weighted by Gasteiger charge is 2.23. The lowest BCUT2D eigenvalue weighted by molar-refractivity contribution is -0.156. The highest BCUT2D eigenvalue weighted by molar-refractivity contribution is 5.95. The number of hydrogen-bond acceptors (Lipinski definition) is 4. The van der Waals surface area contributed by atoms with E-state index in [0.717, 1.165) is 0 Å². The number of rotatable bonds is 3. The first-order valence-corrected chi connectivity index (χ1v) is 5.72. The summed E-state index contributed by atoms with van der Waals surface area (Å²) in [6.07, 6.45) is 1.52. The molecule has 6 heteroatoms. The van der Waals surface area contributed by atoms with Gasteiger partial charge in [-0.3, -0.25) is 9.48 Å². The van der Waals surface area contributed by atoms with Crippen LogP contribution in [0.5, 0.6) is 0 Å². The van der Waals surface area contributed by atoms with Gasteiger partial charge in [0.05, 0.1) is 0 Å². The predicted molar refractivity (Wildman–Crippen MR) is 66.0 cm³/mol. The fourth-order valence-electron chi connectivity index (χ4n) is 1.32. The summed E-state index contributed by atoms with van der Waals surface area (Å²) in [5.41, 5.74) is -0.173. The maximum Gasteiger partial charge on any atom is 0.328 e. The van der Waals surface area contributed by atoms with Gasteiger partial charge in [0.1, 0.15) is 17.3 Å². The van der Waals surface area contributed by atoms with Gasteiger partial charge in [-0.15, -0.1) is 0 Å². The lowest BCUT2D eigenvalue weighted by atomic mass is 10.2. The predicted octanol–water partition coefficient (Wildman–Crippen LogP) is 0.880. The van der Waals surface area contributed by atoms with Gasteiger partial charge in [0.25, 0.3) is 5.91 Å². The molecule has 0 unspecified atom stereocenters. The zero-order valence-corrected chi connectivity index (χ0v) is 11.4. The molecule has 0 saturated carbocycles. The first kappa shape index (κ1) is 14.2. The second-order valence-electron chi connectivity index (χ2n) is 5.07. The van der Waals surface area contributed by atoms with Gasteiger partial charge in [-0.05, 0) is 33.8 Å². The van der Waals surface area contributed by atoms with Crippen LogP contribution in [0.25, 0.3) is 0 Å². The van der Waals surface area contributed by atoms with Gasteiger partial charge < -0.3 is 10.1 Å². The lowest BCUT2D eigenvalue weighted by Gasteiger charge is -2.22. The normalized spacial score (nSPS) is 12.9. The fourth-order valence-corrected chi connectivity index (χ4v) is 1.32. The second-order valence-corrected chi connectivity index (χ2v) is 5.07. The zero-order valence-electron chi connectivity index (χ0n) is 11.4. The standard InChI is InChI=1S/C12H19N3O3/c1-8(11(17)18-12(2,3)4)14-10(16)9-6-7-13-15(9)5/h6-8H,1-5H3,(H,14,16)/t8-/m1/s1. The lowest BCUT2D eigenvalue weighted by Crippen LogP contribution is -2.42. The Balaban J connectivity index is 2.60. The topological polar surface area (TPSA) is 73.2 Å². The second kappa shape index (κ2) is 5.20. The molecule has 100 valence electrons. The average Bonchev–Trinajstić information content (AvgIpc) is 2.61. The molecular formula is C12H19N3O3. The summed E-state index contributed by atoms with van der Waals surface area (Å²) in [6.45, 7) is 6.92. The van der Waals surface area contributed by atoms with Crippen LogP contribution in [-0.4, -0.2) is 33.3 Å². The Kier molecular flexibility index (Phi) is 4.11. The van der Waals surface area contributed by atoms with Gasteiger partial charge in [0, 0.05) is 13.2 Å². The molecule has 6 nitrogen and oxygen atoms in total. The van der Waals surface area contributed by atoms with E-state index in [2.05, 4.69) is 10.4 Å². The molecular weight excluding hydrogens is 234 g/mol. The van der Waals surface area contributed by atoms with Crippen molar-refractivity contribution in [2.75, 3.05) is 0 Å². The number of hydrogen-bond donors (Lipinski definition) is 1. The van der Waals surface area contributed by atoms with Crippen LogP contribution in [0.4, 0.5) is 0 Å². The molecule has 1 aromatic heterocycles. The number of amides is 1. The van der Waals surface area contributed by atoms with Gasteiger partial charge in [-0.25, -0.2) is 4.79 Å². The Bertz CT molecular complexity index is 446. The van der Waals surface area contributed by atoms with E-state index in [1.165, 1.54) is 10.9 Å². The molecule has 1 heterocycles. The summed E-state index contributed by atoms with van der Waals surface area (Å²) in [6, 6.07) is 0.878. The van der Waals surface area contributed by atoms with Crippen molar-refractivity contribution >= 4 is 11.9 Å². The van der Waals surface area contributed by atoms with Crippen LogP contribution in [0.15, 0.2) is 12.3 Å². The third-order valence-electron chi connectivity index (χ3n) is 2.16. The van der Waals surface area contributed by atoms with Gasteiger partial charge in [0.2, 0.25) is 0 Å². The summed E-state index contributed by atoms with van der Waals surface area (Å²) in [5.74, 6) is -0.814. The molecule has 1 atom stereocenters. The summed E-state index contributed by atoms with van der Waals surface area (Å²) in [4.78, 5) is 23.5. The van der Waals surface area contributed by atoms with Crippen LogP contribution in [0, 0.1) is 0 Å². The van der Waals surface area contributed by atoms with Crippen molar-refractivity contribution in [2.45, 2.75) is 39.3 Å². The van der Waals surface area contributed by atoms with Gasteiger partial charge in [0.15, 0.2) is 0 Å². The third-order valence-corrected chi connectivity index (χ3v) is 2.16.